The topological polar surface area (TPSA) is 29.1 Å². The van der Waals surface area contributed by atoms with E-state index in [-0.39, 0.29) is 11.9 Å². The molecule has 1 amide bonds. The van der Waals surface area contributed by atoms with Crippen molar-refractivity contribution in [3.05, 3.63) is 34.2 Å². The number of hydrogen-bond donors (Lipinski definition) is 1. The molecule has 2 aliphatic carbocycles. The molecule has 2 saturated carbocycles. The molecule has 4 heteroatoms. The molecule has 1 aromatic heterocycles. The van der Waals surface area contributed by atoms with Crippen molar-refractivity contribution in [1.29, 1.82) is 0 Å². The Labute approximate surface area is 139 Å². The number of fused-ring (bicyclic) bond motifs is 3. The predicted molar refractivity (Wildman–Crippen MR) is 92.7 cm³/mol. The van der Waals surface area contributed by atoms with E-state index in [1.54, 1.807) is 0 Å². The van der Waals surface area contributed by atoms with Gasteiger partial charge in [0.15, 0.2) is 0 Å². The summed E-state index contributed by atoms with van der Waals surface area (Å²) in [6, 6.07) is 8.17. The van der Waals surface area contributed by atoms with Crippen molar-refractivity contribution in [2.24, 2.45) is 17.8 Å². The summed E-state index contributed by atoms with van der Waals surface area (Å²) in [7, 11) is 0. The molecule has 1 N–H and O–H groups in total. The van der Waals surface area contributed by atoms with E-state index in [0.29, 0.717) is 15.8 Å². The number of thiophene rings is 1. The lowest BCUT2D eigenvalue weighted by atomic mass is 9.84. The summed E-state index contributed by atoms with van der Waals surface area (Å²) >= 11 is 7.90. The average molecular weight is 334 g/mol. The maximum absolute atomic E-state index is 12.6. The van der Waals surface area contributed by atoms with Crippen LogP contribution < -0.4 is 5.32 Å². The van der Waals surface area contributed by atoms with Crippen LogP contribution in [0.2, 0.25) is 5.02 Å². The highest BCUT2D eigenvalue weighted by molar-refractivity contribution is 7.21. The van der Waals surface area contributed by atoms with E-state index in [9.17, 15) is 4.79 Å². The van der Waals surface area contributed by atoms with Crippen LogP contribution in [0.4, 0.5) is 0 Å². The molecule has 4 rings (SSSR count). The molecule has 0 spiro atoms. The van der Waals surface area contributed by atoms with Crippen LogP contribution in [0.3, 0.4) is 0 Å². The van der Waals surface area contributed by atoms with Gasteiger partial charge >= 0.3 is 0 Å². The van der Waals surface area contributed by atoms with Gasteiger partial charge in [-0.2, -0.15) is 0 Å². The second-order valence-corrected chi connectivity index (χ2v) is 8.27. The van der Waals surface area contributed by atoms with Gasteiger partial charge < -0.3 is 5.32 Å². The van der Waals surface area contributed by atoms with Crippen molar-refractivity contribution in [2.45, 2.75) is 38.6 Å². The summed E-state index contributed by atoms with van der Waals surface area (Å²) in [5.74, 6) is 2.36. The Hall–Kier alpha value is -1.06. The predicted octanol–water partition coefficient (Wildman–Crippen LogP) is 5.11. The van der Waals surface area contributed by atoms with E-state index >= 15 is 0 Å². The minimum Gasteiger partial charge on any atom is -0.349 e. The van der Waals surface area contributed by atoms with E-state index in [0.717, 1.165) is 21.9 Å². The highest BCUT2D eigenvalue weighted by Crippen LogP contribution is 2.49. The molecule has 2 aromatic rings. The van der Waals surface area contributed by atoms with Crippen LogP contribution >= 0.6 is 22.9 Å². The van der Waals surface area contributed by atoms with Crippen LogP contribution in [-0.4, -0.2) is 11.9 Å². The number of nitrogens with one attached hydrogen (secondary N) is 1. The first-order chi connectivity index (χ1) is 10.6. The van der Waals surface area contributed by atoms with Crippen molar-refractivity contribution >= 4 is 38.9 Å². The summed E-state index contributed by atoms with van der Waals surface area (Å²) in [6.45, 7) is 2.16. The molecule has 116 valence electrons. The fraction of sp³-hybridized carbons (Fsp3) is 0.500. The third-order valence-electron chi connectivity index (χ3n) is 5.53. The van der Waals surface area contributed by atoms with Gasteiger partial charge in [0.25, 0.3) is 5.91 Å². The van der Waals surface area contributed by atoms with Gasteiger partial charge in [0, 0.05) is 16.1 Å². The largest absolute Gasteiger partial charge is 0.349 e. The molecular formula is C18H20ClNOS. The summed E-state index contributed by atoms with van der Waals surface area (Å²) in [6.07, 6.45) is 5.39. The quantitative estimate of drug-likeness (QED) is 0.830. The Morgan fingerprint density at radius 2 is 2.14 bits per heavy atom. The van der Waals surface area contributed by atoms with Crippen molar-refractivity contribution < 1.29 is 4.79 Å². The van der Waals surface area contributed by atoms with Gasteiger partial charge in [-0.15, -0.1) is 11.3 Å². The molecule has 0 aliphatic heterocycles. The average Bonchev–Trinajstić information content (AvgIpc) is 3.22. The highest BCUT2D eigenvalue weighted by atomic mass is 35.5. The third-order valence-corrected chi connectivity index (χ3v) is 7.21. The molecule has 1 aromatic carbocycles. The van der Waals surface area contributed by atoms with Crippen LogP contribution in [-0.2, 0) is 0 Å². The number of rotatable bonds is 3. The summed E-state index contributed by atoms with van der Waals surface area (Å²) in [4.78, 5) is 13.3. The number of carbonyl (C=O) groups excluding carboxylic acids is 1. The first-order valence-electron chi connectivity index (χ1n) is 8.11. The second-order valence-electron chi connectivity index (χ2n) is 6.84. The molecule has 0 saturated heterocycles. The molecular weight excluding hydrogens is 314 g/mol. The molecule has 2 bridgehead atoms. The molecule has 4 atom stereocenters. The fourth-order valence-electron chi connectivity index (χ4n) is 4.45. The van der Waals surface area contributed by atoms with Crippen LogP contribution in [0.1, 0.15) is 42.3 Å². The van der Waals surface area contributed by atoms with Gasteiger partial charge in [-0.25, -0.2) is 0 Å². The first-order valence-corrected chi connectivity index (χ1v) is 9.31. The maximum Gasteiger partial charge on any atom is 0.263 e. The standard InChI is InChI=1S/C18H20ClNOS/c1-10(14-9-11-6-7-12(14)8-11)20-18(21)17-16(19)13-4-2-3-5-15(13)22-17/h2-5,10-12,14H,6-9H2,1H3,(H,20,21)/t10-,11-,12-,14-/m0/s1. The van der Waals surface area contributed by atoms with E-state index in [2.05, 4.69) is 12.2 Å². The SMILES string of the molecule is C[C@H](NC(=O)c1sc2ccccc2c1Cl)[C@@H]1C[C@H]2CC[C@H]1C2. The molecule has 2 aliphatic rings. The lowest BCUT2D eigenvalue weighted by Crippen LogP contribution is -2.39. The molecule has 2 nitrogen and oxygen atoms in total. The summed E-state index contributed by atoms with van der Waals surface area (Å²) in [5.41, 5.74) is 0. The normalized spacial score (nSPS) is 28.2. The Bertz CT molecular complexity index is 725. The number of halogens is 1. The minimum atomic E-state index is -0.0125. The maximum atomic E-state index is 12.6. The van der Waals surface area contributed by atoms with Crippen LogP contribution in [0.5, 0.6) is 0 Å². The zero-order valence-corrected chi connectivity index (χ0v) is 14.2. The van der Waals surface area contributed by atoms with Gasteiger partial charge in [0.05, 0.1) is 5.02 Å². The number of hydrogen-bond acceptors (Lipinski definition) is 2. The lowest BCUT2D eigenvalue weighted by Gasteiger charge is -2.28. The molecule has 22 heavy (non-hydrogen) atoms. The zero-order chi connectivity index (χ0) is 15.3. The van der Waals surface area contributed by atoms with E-state index in [1.807, 2.05) is 24.3 Å². The first kappa shape index (κ1) is 14.5. The minimum absolute atomic E-state index is 0.0125. The van der Waals surface area contributed by atoms with E-state index in [1.165, 1.54) is 37.0 Å². The Kier molecular flexibility index (Phi) is 3.66. The number of amides is 1. The van der Waals surface area contributed by atoms with E-state index in [4.69, 9.17) is 11.6 Å². The van der Waals surface area contributed by atoms with Crippen LogP contribution in [0.25, 0.3) is 10.1 Å². The van der Waals surface area contributed by atoms with Gasteiger partial charge in [-0.05, 0) is 50.0 Å². The summed E-state index contributed by atoms with van der Waals surface area (Å²) in [5, 5.41) is 4.79. The second kappa shape index (κ2) is 5.54. The van der Waals surface area contributed by atoms with Crippen molar-refractivity contribution in [1.82, 2.24) is 5.32 Å². The molecule has 1 heterocycles. The molecule has 0 radical (unpaired) electrons. The third kappa shape index (κ3) is 2.35. The highest BCUT2D eigenvalue weighted by Gasteiger charge is 2.42. The van der Waals surface area contributed by atoms with Crippen molar-refractivity contribution in [3.63, 3.8) is 0 Å². The fourth-order valence-corrected chi connectivity index (χ4v) is 5.87. The Balaban J connectivity index is 1.52. The number of benzene rings is 1. The zero-order valence-electron chi connectivity index (χ0n) is 12.6. The Morgan fingerprint density at radius 1 is 1.32 bits per heavy atom. The monoisotopic (exact) mass is 333 g/mol. The number of carbonyl (C=O) groups is 1. The van der Waals surface area contributed by atoms with Crippen LogP contribution in [0, 0.1) is 17.8 Å². The summed E-state index contributed by atoms with van der Waals surface area (Å²) < 4.78 is 1.07. The van der Waals surface area contributed by atoms with Crippen molar-refractivity contribution in [2.75, 3.05) is 0 Å². The van der Waals surface area contributed by atoms with Gasteiger partial charge in [0.1, 0.15) is 4.88 Å². The van der Waals surface area contributed by atoms with E-state index < -0.39 is 0 Å². The Morgan fingerprint density at radius 3 is 2.82 bits per heavy atom. The smallest absolute Gasteiger partial charge is 0.263 e. The van der Waals surface area contributed by atoms with Crippen molar-refractivity contribution in [3.8, 4) is 0 Å². The van der Waals surface area contributed by atoms with Gasteiger partial charge in [-0.3, -0.25) is 4.79 Å². The lowest BCUT2D eigenvalue weighted by molar-refractivity contribution is 0.0919. The van der Waals surface area contributed by atoms with Gasteiger partial charge in [-0.1, -0.05) is 36.2 Å². The van der Waals surface area contributed by atoms with Gasteiger partial charge in [0.2, 0.25) is 0 Å². The van der Waals surface area contributed by atoms with Crippen LogP contribution in [0.15, 0.2) is 24.3 Å². The molecule has 0 unspecified atom stereocenters. The molecule has 2 fully saturated rings.